The highest BCUT2D eigenvalue weighted by Crippen LogP contribution is 2.44. The van der Waals surface area contributed by atoms with Crippen LogP contribution in [0.15, 0.2) is 0 Å². The molecule has 3 atom stereocenters. The van der Waals surface area contributed by atoms with Crippen molar-refractivity contribution >= 4 is 23.2 Å². The van der Waals surface area contributed by atoms with E-state index < -0.39 is 0 Å². The number of hydrogen-bond acceptors (Lipinski definition) is 3. The number of halogens is 2. The first kappa shape index (κ1) is 12.6. The highest BCUT2D eigenvalue weighted by molar-refractivity contribution is 6.34. The molecule has 2 aliphatic heterocycles. The summed E-state index contributed by atoms with van der Waals surface area (Å²) < 4.78 is 5.83. The monoisotopic (exact) mass is 286 g/mol. The molecule has 0 aliphatic carbocycles. The minimum Gasteiger partial charge on any atom is -0.374 e. The number of ether oxygens (including phenoxy) is 1. The first-order valence-corrected chi connectivity index (χ1v) is 7.32. The molecule has 0 spiro atoms. The summed E-state index contributed by atoms with van der Waals surface area (Å²) >= 11 is 12.4. The highest BCUT2D eigenvalue weighted by Gasteiger charge is 2.43. The largest absolute Gasteiger partial charge is 0.374 e. The molecule has 0 N–H and O–H groups in total. The van der Waals surface area contributed by atoms with E-state index in [1.54, 1.807) is 0 Å². The van der Waals surface area contributed by atoms with Gasteiger partial charge in [0.25, 0.3) is 0 Å². The molecule has 0 saturated carbocycles. The number of nitrogens with zero attached hydrogens (tertiary/aromatic N) is 2. The maximum atomic E-state index is 6.22. The molecule has 3 nitrogen and oxygen atoms in total. The second kappa shape index (κ2) is 4.95. The minimum absolute atomic E-state index is 0.263. The van der Waals surface area contributed by atoms with Gasteiger partial charge in [-0.3, -0.25) is 0 Å². The lowest BCUT2D eigenvalue weighted by atomic mass is 9.88. The van der Waals surface area contributed by atoms with E-state index in [4.69, 9.17) is 27.9 Å². The zero-order valence-electron chi connectivity index (χ0n) is 10.3. The molecule has 2 aliphatic rings. The van der Waals surface area contributed by atoms with Gasteiger partial charge in [0, 0.05) is 11.5 Å². The van der Waals surface area contributed by atoms with Gasteiger partial charge in [-0.05, 0) is 25.7 Å². The average Bonchev–Trinajstić information content (AvgIpc) is 2.95. The van der Waals surface area contributed by atoms with Crippen molar-refractivity contribution in [1.82, 2.24) is 9.97 Å². The van der Waals surface area contributed by atoms with Gasteiger partial charge in [0.05, 0.1) is 12.2 Å². The summed E-state index contributed by atoms with van der Waals surface area (Å²) in [6.45, 7) is 2.09. The Hall–Kier alpha value is -0.380. The van der Waals surface area contributed by atoms with E-state index in [-0.39, 0.29) is 12.0 Å². The SMILES string of the molecule is CCCc1c(Cl)nc(C2CC3CCC2O3)nc1Cl. The van der Waals surface area contributed by atoms with Gasteiger partial charge in [-0.1, -0.05) is 36.5 Å². The van der Waals surface area contributed by atoms with E-state index in [1.165, 1.54) is 0 Å². The zero-order chi connectivity index (χ0) is 12.7. The minimum atomic E-state index is 0.263. The molecule has 18 heavy (non-hydrogen) atoms. The van der Waals surface area contributed by atoms with Crippen molar-refractivity contribution in [3.8, 4) is 0 Å². The van der Waals surface area contributed by atoms with Gasteiger partial charge < -0.3 is 4.74 Å². The molecule has 5 heteroatoms. The van der Waals surface area contributed by atoms with E-state index in [0.717, 1.165) is 43.5 Å². The summed E-state index contributed by atoms with van der Waals surface area (Å²) in [6.07, 6.45) is 5.73. The fraction of sp³-hybridized carbons (Fsp3) is 0.692. The van der Waals surface area contributed by atoms with Crippen LogP contribution in [0.25, 0.3) is 0 Å². The van der Waals surface area contributed by atoms with Gasteiger partial charge in [-0.25, -0.2) is 9.97 Å². The molecule has 1 aromatic rings. The standard InChI is InChI=1S/C13H16Cl2N2O/c1-2-3-8-11(14)16-13(17-12(8)15)9-6-7-4-5-10(9)18-7/h7,9-10H,2-6H2,1H3. The van der Waals surface area contributed by atoms with Crippen LogP contribution in [-0.4, -0.2) is 22.2 Å². The van der Waals surface area contributed by atoms with Crippen LogP contribution in [0.5, 0.6) is 0 Å². The fourth-order valence-electron chi connectivity index (χ4n) is 2.98. The molecule has 2 fully saturated rings. The van der Waals surface area contributed by atoms with E-state index in [2.05, 4.69) is 16.9 Å². The summed E-state index contributed by atoms with van der Waals surface area (Å²) in [5, 5.41) is 1.02. The summed E-state index contributed by atoms with van der Waals surface area (Å²) in [5.74, 6) is 1.03. The van der Waals surface area contributed by atoms with Crippen LogP contribution >= 0.6 is 23.2 Å². The van der Waals surface area contributed by atoms with Crippen molar-refractivity contribution in [2.24, 2.45) is 0 Å². The Morgan fingerprint density at radius 2 is 1.94 bits per heavy atom. The van der Waals surface area contributed by atoms with E-state index >= 15 is 0 Å². The lowest BCUT2D eigenvalue weighted by molar-refractivity contribution is 0.0998. The zero-order valence-corrected chi connectivity index (χ0v) is 11.8. The average molecular weight is 287 g/mol. The second-order valence-electron chi connectivity index (χ2n) is 5.11. The molecule has 3 rings (SSSR count). The third kappa shape index (κ3) is 2.13. The van der Waals surface area contributed by atoms with Crippen LogP contribution in [0, 0.1) is 0 Å². The van der Waals surface area contributed by atoms with Crippen LogP contribution in [0.1, 0.15) is 49.9 Å². The van der Waals surface area contributed by atoms with Crippen LogP contribution in [0.2, 0.25) is 10.3 Å². The van der Waals surface area contributed by atoms with Crippen LogP contribution in [0.4, 0.5) is 0 Å². The first-order valence-electron chi connectivity index (χ1n) is 6.56. The normalized spacial score (nSPS) is 30.1. The molecule has 0 aromatic carbocycles. The quantitative estimate of drug-likeness (QED) is 0.794. The molecule has 0 amide bonds. The Labute approximate surface area is 117 Å². The first-order chi connectivity index (χ1) is 8.69. The number of fused-ring (bicyclic) bond motifs is 2. The molecular weight excluding hydrogens is 271 g/mol. The Kier molecular flexibility index (Phi) is 3.48. The summed E-state index contributed by atoms with van der Waals surface area (Å²) in [6, 6.07) is 0. The Balaban J connectivity index is 1.89. The molecule has 1 aromatic heterocycles. The van der Waals surface area contributed by atoms with E-state index in [9.17, 15) is 0 Å². The molecule has 0 radical (unpaired) electrons. The summed E-state index contributed by atoms with van der Waals surface area (Å²) in [7, 11) is 0. The highest BCUT2D eigenvalue weighted by atomic mass is 35.5. The Morgan fingerprint density at radius 1 is 1.22 bits per heavy atom. The molecule has 3 unspecified atom stereocenters. The fourth-order valence-corrected chi connectivity index (χ4v) is 3.57. The van der Waals surface area contributed by atoms with Crippen LogP contribution in [0.3, 0.4) is 0 Å². The van der Waals surface area contributed by atoms with Gasteiger partial charge in [0.1, 0.15) is 16.1 Å². The van der Waals surface area contributed by atoms with Gasteiger partial charge in [0.2, 0.25) is 0 Å². The number of aromatic nitrogens is 2. The Morgan fingerprint density at radius 3 is 2.44 bits per heavy atom. The van der Waals surface area contributed by atoms with E-state index in [1.807, 2.05) is 0 Å². The van der Waals surface area contributed by atoms with Gasteiger partial charge >= 0.3 is 0 Å². The van der Waals surface area contributed by atoms with Crippen molar-refractivity contribution < 1.29 is 4.74 Å². The summed E-state index contributed by atoms with van der Waals surface area (Å²) in [4.78, 5) is 8.89. The molecule has 3 heterocycles. The molecule has 98 valence electrons. The number of hydrogen-bond donors (Lipinski definition) is 0. The summed E-state index contributed by atoms with van der Waals surface area (Å²) in [5.41, 5.74) is 0.869. The second-order valence-corrected chi connectivity index (χ2v) is 5.82. The van der Waals surface area contributed by atoms with Gasteiger partial charge in [-0.2, -0.15) is 0 Å². The lowest BCUT2D eigenvalue weighted by Gasteiger charge is -2.18. The third-order valence-electron chi connectivity index (χ3n) is 3.86. The van der Waals surface area contributed by atoms with Gasteiger partial charge in [0.15, 0.2) is 0 Å². The predicted molar refractivity (Wildman–Crippen MR) is 71.3 cm³/mol. The number of rotatable bonds is 3. The molecule has 2 bridgehead atoms. The van der Waals surface area contributed by atoms with Crippen molar-refractivity contribution in [1.29, 1.82) is 0 Å². The third-order valence-corrected chi connectivity index (χ3v) is 4.49. The smallest absolute Gasteiger partial charge is 0.137 e. The van der Waals surface area contributed by atoms with Gasteiger partial charge in [-0.15, -0.1) is 0 Å². The topological polar surface area (TPSA) is 35.0 Å². The molecule has 2 saturated heterocycles. The van der Waals surface area contributed by atoms with Crippen molar-refractivity contribution in [2.45, 2.75) is 57.2 Å². The van der Waals surface area contributed by atoms with Crippen LogP contribution in [-0.2, 0) is 11.2 Å². The predicted octanol–water partition coefficient (Wildman–Crippen LogP) is 3.77. The van der Waals surface area contributed by atoms with Crippen molar-refractivity contribution in [2.75, 3.05) is 0 Å². The van der Waals surface area contributed by atoms with E-state index in [0.29, 0.717) is 16.4 Å². The van der Waals surface area contributed by atoms with Crippen LogP contribution < -0.4 is 0 Å². The lowest BCUT2D eigenvalue weighted by Crippen LogP contribution is -2.17. The maximum absolute atomic E-state index is 6.22. The molecular formula is C13H16Cl2N2O. The van der Waals surface area contributed by atoms with Crippen molar-refractivity contribution in [3.63, 3.8) is 0 Å². The Bertz CT molecular complexity index is 443. The van der Waals surface area contributed by atoms with Crippen molar-refractivity contribution in [3.05, 3.63) is 21.7 Å². The maximum Gasteiger partial charge on any atom is 0.137 e.